The van der Waals surface area contributed by atoms with Gasteiger partial charge in [0.1, 0.15) is 5.82 Å². The quantitative estimate of drug-likeness (QED) is 0.767. The van der Waals surface area contributed by atoms with Gasteiger partial charge < -0.3 is 5.11 Å². The monoisotopic (exact) mass is 360 g/mol. The summed E-state index contributed by atoms with van der Waals surface area (Å²) in [5, 5.41) is 10.7. The molecule has 0 aromatic heterocycles. The molecule has 0 aliphatic rings. The number of halogens is 3. The number of rotatable bonds is 4. The first-order valence-corrected chi connectivity index (χ1v) is 7.74. The molecule has 2 aromatic rings. The van der Waals surface area contributed by atoms with Crippen LogP contribution >= 0.6 is 39.3 Å². The molecule has 0 fully saturated rings. The Hall–Kier alpha value is -0.550. The summed E-state index contributed by atoms with van der Waals surface area (Å²) in [6, 6.07) is 12.0. The van der Waals surface area contributed by atoms with E-state index in [1.54, 1.807) is 12.1 Å². The lowest BCUT2D eigenvalue weighted by atomic mass is 10.1. The molecule has 2 rings (SSSR count). The van der Waals surface area contributed by atoms with Crippen LogP contribution < -0.4 is 0 Å². The highest BCUT2D eigenvalue weighted by Crippen LogP contribution is 2.31. The Balaban J connectivity index is 2.03. The van der Waals surface area contributed by atoms with E-state index in [2.05, 4.69) is 15.9 Å². The molecule has 0 saturated carbocycles. The molecule has 0 aliphatic heterocycles. The molecule has 1 unspecified atom stereocenters. The van der Waals surface area contributed by atoms with Crippen LogP contribution in [0.15, 0.2) is 51.8 Å². The Labute approximate surface area is 128 Å². The maximum atomic E-state index is 13.1. The predicted octanol–water partition coefficient (Wildman–Crippen LogP) is 5.07. The van der Waals surface area contributed by atoms with E-state index in [4.69, 9.17) is 11.6 Å². The van der Waals surface area contributed by atoms with E-state index in [0.29, 0.717) is 20.8 Å². The first kappa shape index (κ1) is 14.9. The highest BCUT2D eigenvalue weighted by molar-refractivity contribution is 9.10. The van der Waals surface area contributed by atoms with E-state index in [1.807, 2.05) is 24.3 Å². The second-order valence-corrected chi connectivity index (χ2v) is 6.25. The normalized spacial score (nSPS) is 12.4. The summed E-state index contributed by atoms with van der Waals surface area (Å²) < 4.78 is 13.5. The molecule has 0 amide bonds. The fraction of sp³-hybridized carbons (Fsp3) is 0.143. The maximum absolute atomic E-state index is 13.1. The van der Waals surface area contributed by atoms with E-state index in [9.17, 15) is 9.50 Å². The highest BCUT2D eigenvalue weighted by atomic mass is 79.9. The summed E-state index contributed by atoms with van der Waals surface area (Å²) in [6.07, 6.45) is -0.668. The zero-order chi connectivity index (χ0) is 13.8. The second-order valence-electron chi connectivity index (χ2n) is 3.93. The zero-order valence-electron chi connectivity index (χ0n) is 9.82. The van der Waals surface area contributed by atoms with Gasteiger partial charge in [-0.2, -0.15) is 0 Å². The van der Waals surface area contributed by atoms with Crippen LogP contribution in [-0.4, -0.2) is 10.9 Å². The summed E-state index contributed by atoms with van der Waals surface area (Å²) in [5.41, 5.74) is 0.674. The van der Waals surface area contributed by atoms with Gasteiger partial charge in [0.05, 0.1) is 15.6 Å². The zero-order valence-corrected chi connectivity index (χ0v) is 13.0. The minimum Gasteiger partial charge on any atom is -0.388 e. The van der Waals surface area contributed by atoms with Crippen molar-refractivity contribution >= 4 is 39.3 Å². The van der Waals surface area contributed by atoms with Gasteiger partial charge in [0.25, 0.3) is 0 Å². The number of thioether (sulfide) groups is 1. The number of hydrogen-bond acceptors (Lipinski definition) is 2. The summed E-state index contributed by atoms with van der Waals surface area (Å²) in [5.74, 6) is 0.122. The summed E-state index contributed by atoms with van der Waals surface area (Å²) in [6.45, 7) is 0. The summed E-state index contributed by atoms with van der Waals surface area (Å²) in [4.78, 5) is 0.921. The van der Waals surface area contributed by atoms with Gasteiger partial charge in [-0.05, 0) is 45.8 Å². The van der Waals surface area contributed by atoms with Gasteiger partial charge in [-0.1, -0.05) is 29.8 Å². The van der Waals surface area contributed by atoms with Gasteiger partial charge in [0.15, 0.2) is 0 Å². The van der Waals surface area contributed by atoms with Crippen molar-refractivity contribution in [3.05, 3.63) is 63.3 Å². The molecule has 0 saturated heterocycles. The Kier molecular flexibility index (Phi) is 5.28. The van der Waals surface area contributed by atoms with Crippen LogP contribution in [0.5, 0.6) is 0 Å². The van der Waals surface area contributed by atoms with Crippen molar-refractivity contribution in [1.29, 1.82) is 0 Å². The molecule has 0 bridgehead atoms. The summed E-state index contributed by atoms with van der Waals surface area (Å²) in [7, 11) is 0. The number of benzene rings is 2. The number of hydrogen-bond donors (Lipinski definition) is 1. The average Bonchev–Trinajstić information content (AvgIpc) is 2.40. The predicted molar refractivity (Wildman–Crippen MR) is 81.2 cm³/mol. The molecule has 0 heterocycles. The van der Waals surface area contributed by atoms with Crippen molar-refractivity contribution in [2.24, 2.45) is 0 Å². The summed E-state index contributed by atoms with van der Waals surface area (Å²) >= 11 is 10.6. The Morgan fingerprint density at radius 1 is 1.26 bits per heavy atom. The van der Waals surface area contributed by atoms with Crippen LogP contribution in [0.4, 0.5) is 4.39 Å². The van der Waals surface area contributed by atoms with Gasteiger partial charge in [0, 0.05) is 10.6 Å². The molecular formula is C14H11BrClFOS. The minimum absolute atomic E-state index is 0.338. The van der Waals surface area contributed by atoms with Crippen LogP contribution in [0.3, 0.4) is 0 Å². The minimum atomic E-state index is -0.668. The fourth-order valence-electron chi connectivity index (χ4n) is 1.55. The third kappa shape index (κ3) is 3.96. The molecule has 1 atom stereocenters. The molecule has 0 spiro atoms. The van der Waals surface area contributed by atoms with Gasteiger partial charge in [-0.25, -0.2) is 4.39 Å². The Morgan fingerprint density at radius 3 is 2.68 bits per heavy atom. The second kappa shape index (κ2) is 6.75. The Morgan fingerprint density at radius 2 is 2.00 bits per heavy atom. The van der Waals surface area contributed by atoms with Crippen LogP contribution in [-0.2, 0) is 0 Å². The van der Waals surface area contributed by atoms with Crippen LogP contribution in [0.1, 0.15) is 11.7 Å². The molecule has 0 aliphatic carbocycles. The Bertz CT molecular complexity index is 579. The molecular weight excluding hydrogens is 351 g/mol. The smallest absolute Gasteiger partial charge is 0.137 e. The van der Waals surface area contributed by atoms with E-state index >= 15 is 0 Å². The molecule has 5 heteroatoms. The number of aliphatic hydroxyl groups excluding tert-OH is 1. The van der Waals surface area contributed by atoms with E-state index in [-0.39, 0.29) is 5.82 Å². The molecule has 1 N–H and O–H groups in total. The van der Waals surface area contributed by atoms with Crippen LogP contribution in [0.25, 0.3) is 0 Å². The molecule has 0 radical (unpaired) electrons. The van der Waals surface area contributed by atoms with Crippen LogP contribution in [0.2, 0.25) is 5.02 Å². The average molecular weight is 362 g/mol. The third-order valence-electron chi connectivity index (χ3n) is 2.56. The molecule has 19 heavy (non-hydrogen) atoms. The van der Waals surface area contributed by atoms with E-state index in [0.717, 1.165) is 4.90 Å². The fourth-order valence-corrected chi connectivity index (χ4v) is 3.15. The largest absolute Gasteiger partial charge is 0.388 e. The van der Waals surface area contributed by atoms with Gasteiger partial charge in [0.2, 0.25) is 0 Å². The van der Waals surface area contributed by atoms with Crippen molar-refractivity contribution < 1.29 is 9.50 Å². The van der Waals surface area contributed by atoms with Gasteiger partial charge in [-0.15, -0.1) is 11.8 Å². The van der Waals surface area contributed by atoms with Crippen molar-refractivity contribution in [3.8, 4) is 0 Å². The third-order valence-corrected chi connectivity index (χ3v) is 4.76. The topological polar surface area (TPSA) is 20.2 Å². The lowest BCUT2D eigenvalue weighted by Gasteiger charge is -2.12. The molecule has 1 nitrogen and oxygen atoms in total. The maximum Gasteiger partial charge on any atom is 0.137 e. The van der Waals surface area contributed by atoms with E-state index in [1.165, 1.54) is 17.8 Å². The van der Waals surface area contributed by atoms with Gasteiger partial charge >= 0.3 is 0 Å². The van der Waals surface area contributed by atoms with Gasteiger partial charge in [-0.3, -0.25) is 0 Å². The molecule has 100 valence electrons. The lowest BCUT2D eigenvalue weighted by Crippen LogP contribution is -2.01. The SMILES string of the molecule is OC(CSc1ccccc1Cl)c1ccc(F)c(Br)c1. The lowest BCUT2D eigenvalue weighted by molar-refractivity contribution is 0.204. The van der Waals surface area contributed by atoms with E-state index < -0.39 is 6.10 Å². The van der Waals surface area contributed by atoms with Crippen LogP contribution in [0, 0.1) is 5.82 Å². The molecule has 2 aromatic carbocycles. The van der Waals surface area contributed by atoms with Crippen molar-refractivity contribution in [2.45, 2.75) is 11.0 Å². The van der Waals surface area contributed by atoms with Crippen molar-refractivity contribution in [3.63, 3.8) is 0 Å². The first-order chi connectivity index (χ1) is 9.08. The number of aliphatic hydroxyl groups is 1. The highest BCUT2D eigenvalue weighted by Gasteiger charge is 2.11. The standard InChI is InChI=1S/C14H11BrClFOS/c15-10-7-9(5-6-12(10)17)13(18)8-19-14-4-2-1-3-11(14)16/h1-7,13,18H,8H2. The van der Waals surface area contributed by atoms with Crippen molar-refractivity contribution in [1.82, 2.24) is 0 Å². The van der Waals surface area contributed by atoms with Crippen molar-refractivity contribution in [2.75, 3.05) is 5.75 Å². The first-order valence-electron chi connectivity index (χ1n) is 5.58.